The van der Waals surface area contributed by atoms with Crippen LogP contribution in [0.4, 0.5) is 9.18 Å². The second-order valence-corrected chi connectivity index (χ2v) is 5.18. The van der Waals surface area contributed by atoms with E-state index in [2.05, 4.69) is 10.3 Å². The smallest absolute Gasteiger partial charge is 0.407 e. The van der Waals surface area contributed by atoms with Gasteiger partial charge < -0.3 is 10.1 Å². The molecule has 1 rings (SSSR count). The van der Waals surface area contributed by atoms with Gasteiger partial charge in [-0.2, -0.15) is 0 Å². The Morgan fingerprint density at radius 1 is 1.58 bits per heavy atom. The second kappa shape index (κ2) is 6.52. The fraction of sp³-hybridized carbons (Fsp3) is 0.385. The lowest BCUT2D eigenvalue weighted by molar-refractivity contribution is 0.0534. The first-order chi connectivity index (χ1) is 8.78. The monoisotopic (exact) mass is 286 g/mol. The molecule has 0 fully saturated rings. The number of hydrogen-bond donors (Lipinski definition) is 1. The van der Waals surface area contributed by atoms with Gasteiger partial charge in [0.2, 0.25) is 0 Å². The summed E-state index contributed by atoms with van der Waals surface area (Å²) in [5, 5.41) is 2.74. The Labute approximate surface area is 116 Å². The van der Waals surface area contributed by atoms with E-state index in [1.165, 1.54) is 6.07 Å². The molecule has 1 heterocycles. The average Bonchev–Trinajstić information content (AvgIpc) is 2.26. The molecule has 0 spiro atoms. The number of pyridine rings is 1. The number of carbonyl (C=O) groups is 1. The Morgan fingerprint density at radius 2 is 2.26 bits per heavy atom. The largest absolute Gasteiger partial charge is 0.444 e. The second-order valence-electron chi connectivity index (χ2n) is 4.82. The van der Waals surface area contributed by atoms with Gasteiger partial charge in [0, 0.05) is 12.1 Å². The van der Waals surface area contributed by atoms with E-state index in [0.717, 1.165) is 6.20 Å². The number of nitrogens with one attached hydrogen (secondary N) is 1. The van der Waals surface area contributed by atoms with E-state index < -0.39 is 17.5 Å². The maximum absolute atomic E-state index is 12.9. The van der Waals surface area contributed by atoms with Gasteiger partial charge in [0.1, 0.15) is 16.6 Å². The summed E-state index contributed by atoms with van der Waals surface area (Å²) >= 11 is 5.78. The summed E-state index contributed by atoms with van der Waals surface area (Å²) in [6.07, 6.45) is 3.74. The summed E-state index contributed by atoms with van der Waals surface area (Å²) in [6, 6.07) is 1.26. The molecular formula is C13H16ClFN2O2. The maximum atomic E-state index is 12.9. The fourth-order valence-electron chi connectivity index (χ4n) is 1.20. The highest BCUT2D eigenvalue weighted by atomic mass is 35.5. The summed E-state index contributed by atoms with van der Waals surface area (Å²) in [4.78, 5) is 15.0. The molecule has 0 bridgehead atoms. The molecule has 0 aromatic carbocycles. The quantitative estimate of drug-likeness (QED) is 0.866. The van der Waals surface area contributed by atoms with E-state index in [1.807, 2.05) is 0 Å². The van der Waals surface area contributed by atoms with Crippen LogP contribution in [-0.4, -0.2) is 23.2 Å². The van der Waals surface area contributed by atoms with Crippen LogP contribution < -0.4 is 5.32 Å². The molecule has 1 aromatic rings. The first-order valence-electron chi connectivity index (χ1n) is 5.72. The lowest BCUT2D eigenvalue weighted by Gasteiger charge is -2.19. The third-order valence-electron chi connectivity index (χ3n) is 1.89. The van der Waals surface area contributed by atoms with E-state index in [9.17, 15) is 9.18 Å². The number of alkyl carbamates (subject to hydrolysis) is 1. The zero-order chi connectivity index (χ0) is 14.5. The van der Waals surface area contributed by atoms with Crippen molar-refractivity contribution in [3.8, 4) is 0 Å². The predicted octanol–water partition coefficient (Wildman–Crippen LogP) is 3.41. The molecule has 0 saturated carbocycles. The molecule has 6 heteroatoms. The van der Waals surface area contributed by atoms with E-state index in [4.69, 9.17) is 16.3 Å². The standard InChI is InChI=1S/C13H16ClFN2O2/c1-13(2,3)19-12(18)16-6-4-5-9-7-10(15)8-17-11(9)14/h4-5,7-8H,6H2,1-3H3,(H,16,18). The molecule has 0 aliphatic carbocycles. The minimum absolute atomic E-state index is 0.204. The van der Waals surface area contributed by atoms with Crippen LogP contribution >= 0.6 is 11.6 Å². The first-order valence-corrected chi connectivity index (χ1v) is 6.10. The maximum Gasteiger partial charge on any atom is 0.407 e. The van der Waals surface area contributed by atoms with Gasteiger partial charge >= 0.3 is 6.09 Å². The zero-order valence-corrected chi connectivity index (χ0v) is 11.8. The van der Waals surface area contributed by atoms with Crippen LogP contribution in [0, 0.1) is 5.82 Å². The van der Waals surface area contributed by atoms with E-state index in [1.54, 1.807) is 32.9 Å². The van der Waals surface area contributed by atoms with E-state index in [0.29, 0.717) is 5.56 Å². The molecule has 1 N–H and O–H groups in total. The molecule has 0 radical (unpaired) electrons. The van der Waals surface area contributed by atoms with Crippen molar-refractivity contribution in [3.05, 3.63) is 34.9 Å². The number of carbonyl (C=O) groups excluding carboxylic acids is 1. The zero-order valence-electron chi connectivity index (χ0n) is 11.0. The Balaban J connectivity index is 2.47. The molecule has 0 saturated heterocycles. The fourth-order valence-corrected chi connectivity index (χ4v) is 1.36. The van der Waals surface area contributed by atoms with Crippen molar-refractivity contribution in [1.29, 1.82) is 0 Å². The minimum atomic E-state index is -0.538. The SMILES string of the molecule is CC(C)(C)OC(=O)NCC=Cc1cc(F)cnc1Cl. The number of halogens is 2. The van der Waals surface area contributed by atoms with Gasteiger partial charge in [0.25, 0.3) is 0 Å². The van der Waals surface area contributed by atoms with Crippen molar-refractivity contribution in [2.45, 2.75) is 26.4 Å². The van der Waals surface area contributed by atoms with Gasteiger partial charge in [-0.15, -0.1) is 0 Å². The molecule has 4 nitrogen and oxygen atoms in total. The lowest BCUT2D eigenvalue weighted by atomic mass is 10.2. The number of amides is 1. The summed E-state index contributed by atoms with van der Waals surface area (Å²) in [5.41, 5.74) is -0.0866. The van der Waals surface area contributed by atoms with Crippen molar-refractivity contribution in [2.24, 2.45) is 0 Å². The van der Waals surface area contributed by atoms with Crippen LogP contribution in [0.2, 0.25) is 5.15 Å². The summed E-state index contributed by atoms with van der Waals surface area (Å²) in [7, 11) is 0. The molecule has 0 unspecified atom stereocenters. The Bertz CT molecular complexity index is 484. The van der Waals surface area contributed by atoms with Crippen LogP contribution in [0.5, 0.6) is 0 Å². The van der Waals surface area contributed by atoms with Crippen LogP contribution in [0.1, 0.15) is 26.3 Å². The molecule has 0 aliphatic rings. The number of hydrogen-bond acceptors (Lipinski definition) is 3. The highest BCUT2D eigenvalue weighted by Gasteiger charge is 2.14. The first kappa shape index (κ1) is 15.4. The third-order valence-corrected chi connectivity index (χ3v) is 2.21. The Hall–Kier alpha value is -1.62. The van der Waals surface area contributed by atoms with Gasteiger partial charge in [-0.3, -0.25) is 0 Å². The summed E-state index contributed by atoms with van der Waals surface area (Å²) < 4.78 is 18.0. The van der Waals surface area contributed by atoms with E-state index >= 15 is 0 Å². The highest BCUT2D eigenvalue weighted by molar-refractivity contribution is 6.30. The molecular weight excluding hydrogens is 271 g/mol. The minimum Gasteiger partial charge on any atom is -0.444 e. The average molecular weight is 287 g/mol. The Kier molecular flexibility index (Phi) is 5.30. The molecule has 1 aromatic heterocycles. The number of aromatic nitrogens is 1. The van der Waals surface area contributed by atoms with Gasteiger partial charge in [-0.25, -0.2) is 14.2 Å². The summed E-state index contributed by atoms with van der Waals surface area (Å²) in [6.45, 7) is 5.59. The lowest BCUT2D eigenvalue weighted by Crippen LogP contribution is -2.32. The predicted molar refractivity (Wildman–Crippen MR) is 72.5 cm³/mol. The summed E-state index contributed by atoms with van der Waals surface area (Å²) in [5.74, 6) is -0.468. The van der Waals surface area contributed by atoms with E-state index in [-0.39, 0.29) is 11.7 Å². The molecule has 0 atom stereocenters. The van der Waals surface area contributed by atoms with Crippen molar-refractivity contribution < 1.29 is 13.9 Å². The van der Waals surface area contributed by atoms with Crippen LogP contribution in [-0.2, 0) is 4.74 Å². The van der Waals surface area contributed by atoms with Crippen LogP contribution in [0.3, 0.4) is 0 Å². The van der Waals surface area contributed by atoms with Crippen LogP contribution in [0.15, 0.2) is 18.3 Å². The number of ether oxygens (including phenoxy) is 1. The number of rotatable bonds is 3. The molecule has 104 valence electrons. The topological polar surface area (TPSA) is 51.2 Å². The Morgan fingerprint density at radius 3 is 2.89 bits per heavy atom. The van der Waals surface area contributed by atoms with Crippen molar-refractivity contribution in [3.63, 3.8) is 0 Å². The molecule has 0 aliphatic heterocycles. The number of nitrogens with zero attached hydrogens (tertiary/aromatic N) is 1. The molecule has 19 heavy (non-hydrogen) atoms. The van der Waals surface area contributed by atoms with Gasteiger partial charge in [-0.1, -0.05) is 23.8 Å². The molecule has 1 amide bonds. The van der Waals surface area contributed by atoms with Crippen LogP contribution in [0.25, 0.3) is 6.08 Å². The van der Waals surface area contributed by atoms with Crippen molar-refractivity contribution >= 4 is 23.8 Å². The van der Waals surface area contributed by atoms with Crippen molar-refractivity contribution in [2.75, 3.05) is 6.54 Å². The highest BCUT2D eigenvalue weighted by Crippen LogP contribution is 2.15. The van der Waals surface area contributed by atoms with Crippen molar-refractivity contribution in [1.82, 2.24) is 10.3 Å². The normalized spacial score (nSPS) is 11.6. The van der Waals surface area contributed by atoms with Gasteiger partial charge in [0.15, 0.2) is 0 Å². The third kappa shape index (κ3) is 6.20. The van der Waals surface area contributed by atoms with Gasteiger partial charge in [-0.05, 0) is 26.8 Å². The van der Waals surface area contributed by atoms with Gasteiger partial charge in [0.05, 0.1) is 6.20 Å².